The maximum Gasteiger partial charge on any atom is 0.252 e. The summed E-state index contributed by atoms with van der Waals surface area (Å²) in [5.74, 6) is 0.635. The zero-order valence-electron chi connectivity index (χ0n) is 16.9. The molecule has 30 heavy (non-hydrogen) atoms. The number of rotatable bonds is 5. The number of aromatic nitrogens is 4. The number of fused-ring (bicyclic) bond motifs is 1. The highest BCUT2D eigenvalue weighted by atomic mass is 15.3. The van der Waals surface area contributed by atoms with E-state index in [0.29, 0.717) is 5.78 Å². The Hall–Kier alpha value is -3.79. The molecule has 0 spiro atoms. The molecule has 2 aromatic heterocycles. The summed E-state index contributed by atoms with van der Waals surface area (Å²) in [4.78, 5) is 9.91. The number of hydrogen-bond donors (Lipinski definition) is 0. The van der Waals surface area contributed by atoms with Gasteiger partial charge in [0.05, 0.1) is 11.4 Å². The first kappa shape index (κ1) is 18.3. The summed E-state index contributed by atoms with van der Waals surface area (Å²) in [5.41, 5.74) is 6.95. The van der Waals surface area contributed by atoms with Gasteiger partial charge in [-0.2, -0.15) is 5.10 Å². The lowest BCUT2D eigenvalue weighted by molar-refractivity contribution is 0.801. The minimum absolute atomic E-state index is 0.635. The third-order valence-corrected chi connectivity index (χ3v) is 5.19. The van der Waals surface area contributed by atoms with Crippen LogP contribution in [-0.2, 0) is 6.42 Å². The highest BCUT2D eigenvalue weighted by Crippen LogP contribution is 2.31. The highest BCUT2D eigenvalue weighted by Gasteiger charge is 2.19. The van der Waals surface area contributed by atoms with Gasteiger partial charge in [-0.05, 0) is 6.42 Å². The molecule has 5 aromatic rings. The second-order valence-corrected chi connectivity index (χ2v) is 7.28. The topological polar surface area (TPSA) is 43.1 Å². The van der Waals surface area contributed by atoms with Crippen LogP contribution in [0.4, 0.5) is 0 Å². The Morgan fingerprint density at radius 2 is 1.07 bits per heavy atom. The molecule has 0 aliphatic heterocycles. The third kappa shape index (κ3) is 3.26. The van der Waals surface area contributed by atoms with Gasteiger partial charge in [0.1, 0.15) is 11.4 Å². The Kier molecular flexibility index (Phi) is 4.81. The molecule has 0 fully saturated rings. The number of hydrogen-bond acceptors (Lipinski definition) is 3. The first-order valence-corrected chi connectivity index (χ1v) is 10.3. The molecule has 0 saturated carbocycles. The fourth-order valence-electron chi connectivity index (χ4n) is 3.79. The Labute approximate surface area is 175 Å². The largest absolute Gasteiger partial charge is 0.252 e. The van der Waals surface area contributed by atoms with Crippen molar-refractivity contribution < 1.29 is 0 Å². The predicted molar refractivity (Wildman–Crippen MR) is 121 cm³/mol. The van der Waals surface area contributed by atoms with Crippen LogP contribution in [0, 0.1) is 0 Å². The smallest absolute Gasteiger partial charge is 0.209 e. The Balaban J connectivity index is 1.82. The van der Waals surface area contributed by atoms with Gasteiger partial charge in [-0.1, -0.05) is 104 Å². The highest BCUT2D eigenvalue weighted by molar-refractivity contribution is 5.79. The van der Waals surface area contributed by atoms with Crippen LogP contribution in [0.25, 0.3) is 39.5 Å². The molecule has 5 rings (SSSR count). The van der Waals surface area contributed by atoms with E-state index < -0.39 is 0 Å². The van der Waals surface area contributed by atoms with Crippen molar-refractivity contribution in [2.45, 2.75) is 19.8 Å². The lowest BCUT2D eigenvalue weighted by atomic mass is 10.0. The fraction of sp³-hybridized carbons (Fsp3) is 0.115. The van der Waals surface area contributed by atoms with E-state index in [9.17, 15) is 0 Å². The SMILES string of the molecule is CCCc1c(-c2ccccc2)nc2nc(-c3ccccc3)c(-c3ccccc3)nn12. The molecular formula is C26H22N4. The van der Waals surface area contributed by atoms with E-state index in [4.69, 9.17) is 15.1 Å². The van der Waals surface area contributed by atoms with Crippen LogP contribution >= 0.6 is 0 Å². The van der Waals surface area contributed by atoms with Crippen molar-refractivity contribution in [1.29, 1.82) is 0 Å². The number of benzene rings is 3. The normalized spacial score (nSPS) is 11.1. The monoisotopic (exact) mass is 390 g/mol. The van der Waals surface area contributed by atoms with E-state index in [0.717, 1.165) is 52.3 Å². The molecule has 0 atom stereocenters. The molecule has 0 amide bonds. The Bertz CT molecular complexity index is 1280. The third-order valence-electron chi connectivity index (χ3n) is 5.19. The quantitative estimate of drug-likeness (QED) is 0.365. The first-order valence-electron chi connectivity index (χ1n) is 10.3. The summed E-state index contributed by atoms with van der Waals surface area (Å²) in [6.45, 7) is 2.18. The van der Waals surface area contributed by atoms with E-state index in [1.54, 1.807) is 0 Å². The predicted octanol–water partition coefficient (Wildman–Crippen LogP) is 6.08. The summed E-state index contributed by atoms with van der Waals surface area (Å²) in [7, 11) is 0. The molecule has 4 heteroatoms. The summed E-state index contributed by atoms with van der Waals surface area (Å²) >= 11 is 0. The van der Waals surface area contributed by atoms with Crippen molar-refractivity contribution in [2.24, 2.45) is 0 Å². The van der Waals surface area contributed by atoms with Crippen LogP contribution in [0.5, 0.6) is 0 Å². The minimum atomic E-state index is 0.635. The molecule has 3 aromatic carbocycles. The standard InChI is InChI=1S/C26H22N4/c1-2-12-22-23(19-13-6-3-7-14-19)27-26-28-24(20-15-8-4-9-16-20)25(29-30(22)26)21-17-10-5-11-18-21/h3-11,13-18H,2,12H2,1H3. The van der Waals surface area contributed by atoms with E-state index >= 15 is 0 Å². The van der Waals surface area contributed by atoms with Crippen LogP contribution in [0.2, 0.25) is 0 Å². The zero-order valence-corrected chi connectivity index (χ0v) is 16.9. The fourth-order valence-corrected chi connectivity index (χ4v) is 3.79. The van der Waals surface area contributed by atoms with Gasteiger partial charge in [0.2, 0.25) is 0 Å². The van der Waals surface area contributed by atoms with Crippen molar-refractivity contribution in [3.05, 3.63) is 96.7 Å². The minimum Gasteiger partial charge on any atom is -0.209 e. The van der Waals surface area contributed by atoms with Gasteiger partial charge < -0.3 is 0 Å². The van der Waals surface area contributed by atoms with Gasteiger partial charge in [0.15, 0.2) is 0 Å². The van der Waals surface area contributed by atoms with Crippen LogP contribution in [-0.4, -0.2) is 19.6 Å². The average Bonchev–Trinajstić information content (AvgIpc) is 3.18. The number of nitrogens with zero attached hydrogens (tertiary/aromatic N) is 4. The molecule has 0 aliphatic rings. The number of imidazole rings is 1. The Morgan fingerprint density at radius 3 is 1.60 bits per heavy atom. The molecule has 0 radical (unpaired) electrons. The van der Waals surface area contributed by atoms with Crippen LogP contribution < -0.4 is 0 Å². The second kappa shape index (κ2) is 7.91. The molecule has 146 valence electrons. The van der Waals surface area contributed by atoms with Gasteiger partial charge >= 0.3 is 0 Å². The number of aryl methyl sites for hydroxylation is 1. The molecule has 0 saturated heterocycles. The van der Waals surface area contributed by atoms with E-state index in [1.165, 1.54) is 0 Å². The van der Waals surface area contributed by atoms with Crippen molar-refractivity contribution in [1.82, 2.24) is 19.6 Å². The average molecular weight is 390 g/mol. The zero-order chi connectivity index (χ0) is 20.3. The lowest BCUT2D eigenvalue weighted by Gasteiger charge is -2.10. The van der Waals surface area contributed by atoms with E-state index in [1.807, 2.05) is 59.1 Å². The van der Waals surface area contributed by atoms with Gasteiger partial charge in [-0.3, -0.25) is 0 Å². The summed E-state index contributed by atoms with van der Waals surface area (Å²) in [6.07, 6.45) is 1.90. The second-order valence-electron chi connectivity index (χ2n) is 7.28. The van der Waals surface area contributed by atoms with Crippen molar-refractivity contribution in [3.63, 3.8) is 0 Å². The van der Waals surface area contributed by atoms with Crippen molar-refractivity contribution in [2.75, 3.05) is 0 Å². The molecule has 2 heterocycles. The molecular weight excluding hydrogens is 368 g/mol. The maximum atomic E-state index is 5.08. The van der Waals surface area contributed by atoms with E-state index in [2.05, 4.69) is 43.3 Å². The van der Waals surface area contributed by atoms with Crippen LogP contribution in [0.3, 0.4) is 0 Å². The lowest BCUT2D eigenvalue weighted by Crippen LogP contribution is -2.04. The maximum absolute atomic E-state index is 5.08. The van der Waals surface area contributed by atoms with Crippen molar-refractivity contribution in [3.8, 4) is 33.8 Å². The molecule has 0 bridgehead atoms. The molecule has 0 aliphatic carbocycles. The molecule has 0 unspecified atom stereocenters. The van der Waals surface area contributed by atoms with Crippen molar-refractivity contribution >= 4 is 5.78 Å². The van der Waals surface area contributed by atoms with Crippen LogP contribution in [0.1, 0.15) is 19.0 Å². The van der Waals surface area contributed by atoms with Gasteiger partial charge in [0.25, 0.3) is 5.78 Å². The molecule has 4 nitrogen and oxygen atoms in total. The first-order chi connectivity index (χ1) is 14.8. The van der Waals surface area contributed by atoms with E-state index in [-0.39, 0.29) is 0 Å². The van der Waals surface area contributed by atoms with Gasteiger partial charge in [-0.25, -0.2) is 14.5 Å². The summed E-state index contributed by atoms with van der Waals surface area (Å²) in [5, 5.41) is 5.08. The Morgan fingerprint density at radius 1 is 0.600 bits per heavy atom. The van der Waals surface area contributed by atoms with Gasteiger partial charge in [0, 0.05) is 16.7 Å². The molecule has 0 N–H and O–H groups in total. The summed E-state index contributed by atoms with van der Waals surface area (Å²) < 4.78 is 1.93. The van der Waals surface area contributed by atoms with Crippen LogP contribution in [0.15, 0.2) is 91.0 Å². The van der Waals surface area contributed by atoms with Gasteiger partial charge in [-0.15, -0.1) is 0 Å². The summed E-state index contributed by atoms with van der Waals surface area (Å²) in [6, 6.07) is 30.8.